The van der Waals surface area contributed by atoms with Crippen LogP contribution in [0, 0.1) is 0 Å². The summed E-state index contributed by atoms with van der Waals surface area (Å²) in [6.07, 6.45) is 1.67. The van der Waals surface area contributed by atoms with E-state index in [9.17, 15) is 8.42 Å². The SMILES string of the molecule is O=S(=O)(Nc1nc(SCc2ccc(Cl)cc2)n[nH]1)c1ccc(-c2ccccn2)s1. The van der Waals surface area contributed by atoms with Gasteiger partial charge in [0, 0.05) is 17.0 Å². The summed E-state index contributed by atoms with van der Waals surface area (Å²) in [4.78, 5) is 9.20. The monoisotopic (exact) mass is 463 g/mol. The number of pyridine rings is 1. The molecule has 0 bridgehead atoms. The first-order valence-electron chi connectivity index (χ1n) is 8.33. The van der Waals surface area contributed by atoms with Gasteiger partial charge in [0.2, 0.25) is 11.1 Å². The number of nitrogens with zero attached hydrogens (tertiary/aromatic N) is 3. The largest absolute Gasteiger partial charge is 0.273 e. The van der Waals surface area contributed by atoms with Crippen molar-refractivity contribution < 1.29 is 8.42 Å². The van der Waals surface area contributed by atoms with Gasteiger partial charge in [0.1, 0.15) is 4.21 Å². The fraction of sp³-hybridized carbons (Fsp3) is 0.0556. The quantitative estimate of drug-likeness (QED) is 0.386. The molecule has 0 spiro atoms. The summed E-state index contributed by atoms with van der Waals surface area (Å²) >= 11 is 8.40. The van der Waals surface area contributed by atoms with Gasteiger partial charge in [0.25, 0.3) is 10.0 Å². The zero-order chi connectivity index (χ0) is 20.3. The van der Waals surface area contributed by atoms with Crippen molar-refractivity contribution in [1.82, 2.24) is 20.2 Å². The number of aromatic nitrogens is 4. The van der Waals surface area contributed by atoms with Crippen LogP contribution in [0.25, 0.3) is 10.6 Å². The highest BCUT2D eigenvalue weighted by Gasteiger charge is 2.20. The van der Waals surface area contributed by atoms with Crippen LogP contribution >= 0.6 is 34.7 Å². The van der Waals surface area contributed by atoms with Crippen LogP contribution in [0.4, 0.5) is 5.95 Å². The highest BCUT2D eigenvalue weighted by atomic mass is 35.5. The van der Waals surface area contributed by atoms with Gasteiger partial charge in [-0.25, -0.2) is 18.2 Å². The normalized spacial score (nSPS) is 11.5. The van der Waals surface area contributed by atoms with Crippen molar-refractivity contribution in [3.63, 3.8) is 0 Å². The number of rotatable bonds is 7. The van der Waals surface area contributed by atoms with Crippen LogP contribution in [0.5, 0.6) is 0 Å². The summed E-state index contributed by atoms with van der Waals surface area (Å²) < 4.78 is 27.9. The first-order chi connectivity index (χ1) is 14.0. The first kappa shape index (κ1) is 19.9. The number of sulfonamides is 1. The fourth-order valence-corrected chi connectivity index (χ4v) is 5.49. The molecule has 0 aliphatic heterocycles. The number of thioether (sulfide) groups is 1. The average molecular weight is 464 g/mol. The molecule has 0 atom stereocenters. The van der Waals surface area contributed by atoms with Crippen LogP contribution in [-0.2, 0) is 15.8 Å². The molecule has 0 unspecified atom stereocenters. The second kappa shape index (κ2) is 8.54. The molecule has 148 valence electrons. The molecule has 1 aromatic carbocycles. The van der Waals surface area contributed by atoms with E-state index in [2.05, 4.69) is 24.9 Å². The predicted molar refractivity (Wildman–Crippen MR) is 116 cm³/mol. The lowest BCUT2D eigenvalue weighted by Gasteiger charge is -2.01. The Bertz CT molecular complexity index is 1210. The summed E-state index contributed by atoms with van der Waals surface area (Å²) in [5.41, 5.74) is 1.78. The lowest BCUT2D eigenvalue weighted by atomic mass is 10.2. The Hall–Kier alpha value is -2.40. The fourth-order valence-electron chi connectivity index (χ4n) is 2.37. The van der Waals surface area contributed by atoms with E-state index in [1.165, 1.54) is 11.8 Å². The van der Waals surface area contributed by atoms with Crippen LogP contribution < -0.4 is 4.72 Å². The number of halogens is 1. The molecule has 11 heteroatoms. The van der Waals surface area contributed by atoms with Gasteiger partial charge in [0.15, 0.2) is 0 Å². The van der Waals surface area contributed by atoms with E-state index in [1.54, 1.807) is 18.3 Å². The molecule has 3 heterocycles. The molecule has 4 aromatic rings. The van der Waals surface area contributed by atoms with Crippen molar-refractivity contribution in [3.8, 4) is 10.6 Å². The molecule has 29 heavy (non-hydrogen) atoms. The third kappa shape index (κ3) is 4.96. The third-order valence-corrected chi connectivity index (χ3v) is 7.85. The Morgan fingerprint density at radius 3 is 2.69 bits per heavy atom. The zero-order valence-electron chi connectivity index (χ0n) is 14.7. The van der Waals surface area contributed by atoms with E-state index in [4.69, 9.17) is 11.6 Å². The maximum Gasteiger partial charge on any atom is 0.273 e. The van der Waals surface area contributed by atoms with Gasteiger partial charge in [0.05, 0.1) is 10.6 Å². The number of thiophene rings is 1. The average Bonchev–Trinajstić information content (AvgIpc) is 3.38. The van der Waals surface area contributed by atoms with Crippen LogP contribution in [0.3, 0.4) is 0 Å². The topological polar surface area (TPSA) is 101 Å². The molecule has 0 fully saturated rings. The van der Waals surface area contributed by atoms with E-state index in [0.29, 0.717) is 15.9 Å². The zero-order valence-corrected chi connectivity index (χ0v) is 17.9. The predicted octanol–water partition coefficient (Wildman–Crippen LogP) is 4.67. The van der Waals surface area contributed by atoms with Gasteiger partial charge in [-0.3, -0.25) is 4.98 Å². The number of nitrogens with one attached hydrogen (secondary N) is 2. The van der Waals surface area contributed by atoms with Crippen molar-refractivity contribution >= 4 is 50.7 Å². The molecule has 0 saturated heterocycles. The van der Waals surface area contributed by atoms with Crippen molar-refractivity contribution in [2.24, 2.45) is 0 Å². The minimum atomic E-state index is -3.78. The molecule has 0 aliphatic rings. The lowest BCUT2D eigenvalue weighted by Crippen LogP contribution is -2.12. The molecule has 7 nitrogen and oxygen atoms in total. The third-order valence-electron chi connectivity index (χ3n) is 3.74. The van der Waals surface area contributed by atoms with Gasteiger partial charge in [-0.1, -0.05) is 41.6 Å². The molecule has 3 aromatic heterocycles. The summed E-state index contributed by atoms with van der Waals surface area (Å²) in [5.74, 6) is 0.705. The molecule has 4 rings (SSSR count). The molecule has 0 radical (unpaired) electrons. The van der Waals surface area contributed by atoms with Crippen molar-refractivity contribution in [3.05, 3.63) is 71.4 Å². The van der Waals surface area contributed by atoms with Crippen LogP contribution in [-0.4, -0.2) is 28.6 Å². The molecule has 0 saturated carbocycles. The van der Waals surface area contributed by atoms with Gasteiger partial charge in [-0.2, -0.15) is 4.98 Å². The maximum atomic E-state index is 12.6. The number of H-pyrrole nitrogens is 1. The minimum Gasteiger partial charge on any atom is -0.255 e. The summed E-state index contributed by atoms with van der Waals surface area (Å²) in [7, 11) is -3.78. The number of hydrogen-bond donors (Lipinski definition) is 2. The molecule has 0 amide bonds. The molecular formula is C18H14ClN5O2S3. The highest BCUT2D eigenvalue weighted by molar-refractivity contribution is 7.98. The number of benzene rings is 1. The van der Waals surface area contributed by atoms with Crippen molar-refractivity contribution in [2.75, 3.05) is 4.72 Å². The second-order valence-corrected chi connectivity index (χ2v) is 10.2. The number of aromatic amines is 1. The molecule has 2 N–H and O–H groups in total. The first-order valence-corrected chi connectivity index (χ1v) is 12.0. The summed E-state index contributed by atoms with van der Waals surface area (Å²) in [6, 6.07) is 16.2. The van der Waals surface area contributed by atoms with Gasteiger partial charge in [-0.05, 0) is 42.0 Å². The van der Waals surface area contributed by atoms with Crippen LogP contribution in [0.2, 0.25) is 5.02 Å². The van der Waals surface area contributed by atoms with Gasteiger partial charge < -0.3 is 0 Å². The van der Waals surface area contributed by atoms with Crippen molar-refractivity contribution in [2.45, 2.75) is 15.1 Å². The van der Waals surface area contributed by atoms with Crippen molar-refractivity contribution in [1.29, 1.82) is 0 Å². The number of anilines is 1. The standard InChI is InChI=1S/C18H14ClN5O2S3/c19-13-6-4-12(5-7-13)11-27-18-21-17(22-23-18)24-29(25,26)16-9-8-15(28-16)14-3-1-2-10-20-14/h1-10H,11H2,(H2,21,22,23,24). The highest BCUT2D eigenvalue weighted by Crippen LogP contribution is 2.30. The Morgan fingerprint density at radius 2 is 1.93 bits per heavy atom. The number of hydrogen-bond acceptors (Lipinski definition) is 7. The van der Waals surface area contributed by atoms with E-state index >= 15 is 0 Å². The Morgan fingerprint density at radius 1 is 1.10 bits per heavy atom. The molecular weight excluding hydrogens is 450 g/mol. The Balaban J connectivity index is 1.42. The van der Waals surface area contributed by atoms with Crippen LogP contribution in [0.15, 0.2) is 70.2 Å². The minimum absolute atomic E-state index is 0.0661. The maximum absolute atomic E-state index is 12.6. The Labute approximate surface area is 180 Å². The van der Waals surface area contributed by atoms with Gasteiger partial charge >= 0.3 is 0 Å². The smallest absolute Gasteiger partial charge is 0.255 e. The summed E-state index contributed by atoms with van der Waals surface area (Å²) in [6.45, 7) is 0. The molecule has 0 aliphatic carbocycles. The van der Waals surface area contributed by atoms with E-state index < -0.39 is 10.0 Å². The Kier molecular flexibility index (Phi) is 5.86. The van der Waals surface area contributed by atoms with E-state index in [-0.39, 0.29) is 10.2 Å². The lowest BCUT2D eigenvalue weighted by molar-refractivity contribution is 0.602. The van der Waals surface area contributed by atoms with E-state index in [1.807, 2.05) is 42.5 Å². The summed E-state index contributed by atoms with van der Waals surface area (Å²) in [5, 5.41) is 7.78. The van der Waals surface area contributed by atoms with Gasteiger partial charge in [-0.15, -0.1) is 16.4 Å². The van der Waals surface area contributed by atoms with E-state index in [0.717, 1.165) is 27.5 Å². The van der Waals surface area contributed by atoms with Crippen LogP contribution in [0.1, 0.15) is 5.56 Å². The second-order valence-electron chi connectivity index (χ2n) is 5.82.